The molecule has 0 amide bonds. The Hall–Kier alpha value is -0.860. The van der Waals surface area contributed by atoms with Crippen molar-refractivity contribution in [3.63, 3.8) is 0 Å². The van der Waals surface area contributed by atoms with Crippen molar-refractivity contribution in [1.82, 2.24) is 0 Å². The van der Waals surface area contributed by atoms with Crippen molar-refractivity contribution in [2.75, 3.05) is 13.2 Å². The second-order valence-corrected chi connectivity index (χ2v) is 6.64. The third kappa shape index (κ3) is 2.85. The van der Waals surface area contributed by atoms with Crippen LogP contribution in [-0.2, 0) is 19.3 Å². The smallest absolute Gasteiger partial charge is 0.0502 e. The highest BCUT2D eigenvalue weighted by atomic mass is 16.3. The standard InChI is InChI=1S/C17H25NO/c18-11-17(12-19,9-13-4-5-13)10-14-6-7-15-2-1-3-16(15)8-14/h6-8,13,19H,1-5,9-12,18H2. The van der Waals surface area contributed by atoms with E-state index in [0.717, 1.165) is 18.8 Å². The second-order valence-electron chi connectivity index (χ2n) is 6.64. The quantitative estimate of drug-likeness (QED) is 0.824. The SMILES string of the molecule is NCC(CO)(Cc1ccc2c(c1)CCC2)CC1CC1. The van der Waals surface area contributed by atoms with Crippen molar-refractivity contribution >= 4 is 0 Å². The Kier molecular flexibility index (Phi) is 3.64. The van der Waals surface area contributed by atoms with Gasteiger partial charge in [0.15, 0.2) is 0 Å². The molecule has 104 valence electrons. The number of aryl methyl sites for hydroxylation is 2. The van der Waals surface area contributed by atoms with Gasteiger partial charge in [0.05, 0.1) is 6.61 Å². The highest BCUT2D eigenvalue weighted by molar-refractivity contribution is 5.35. The predicted molar refractivity (Wildman–Crippen MR) is 78.1 cm³/mol. The summed E-state index contributed by atoms with van der Waals surface area (Å²) in [5.41, 5.74) is 10.3. The highest BCUT2D eigenvalue weighted by Gasteiger charge is 2.35. The molecule has 2 nitrogen and oxygen atoms in total. The van der Waals surface area contributed by atoms with Gasteiger partial charge in [0, 0.05) is 12.0 Å². The van der Waals surface area contributed by atoms with Crippen LogP contribution in [-0.4, -0.2) is 18.3 Å². The summed E-state index contributed by atoms with van der Waals surface area (Å²) in [7, 11) is 0. The number of aliphatic hydroxyl groups excluding tert-OH is 1. The van der Waals surface area contributed by atoms with Crippen molar-refractivity contribution in [3.8, 4) is 0 Å². The molecule has 0 radical (unpaired) electrons. The molecule has 2 aliphatic carbocycles. The molecule has 1 atom stereocenters. The van der Waals surface area contributed by atoms with Crippen LogP contribution in [0.5, 0.6) is 0 Å². The molecule has 0 aliphatic heterocycles. The molecule has 3 N–H and O–H groups in total. The maximum atomic E-state index is 9.83. The fraction of sp³-hybridized carbons (Fsp3) is 0.647. The van der Waals surface area contributed by atoms with Crippen LogP contribution in [0.1, 0.15) is 42.4 Å². The van der Waals surface area contributed by atoms with E-state index in [4.69, 9.17) is 5.73 Å². The summed E-state index contributed by atoms with van der Waals surface area (Å²) >= 11 is 0. The van der Waals surface area contributed by atoms with E-state index in [1.807, 2.05) is 0 Å². The Morgan fingerprint density at radius 1 is 1.21 bits per heavy atom. The van der Waals surface area contributed by atoms with E-state index in [1.54, 1.807) is 0 Å². The van der Waals surface area contributed by atoms with Gasteiger partial charge >= 0.3 is 0 Å². The maximum Gasteiger partial charge on any atom is 0.0502 e. The molecule has 1 aromatic rings. The zero-order valence-electron chi connectivity index (χ0n) is 11.7. The summed E-state index contributed by atoms with van der Waals surface area (Å²) in [6, 6.07) is 6.89. The number of aliphatic hydroxyl groups is 1. The van der Waals surface area contributed by atoms with Crippen LogP contribution in [0.4, 0.5) is 0 Å². The molecule has 2 aliphatic rings. The molecule has 1 aromatic carbocycles. The molecule has 0 bridgehead atoms. The van der Waals surface area contributed by atoms with Gasteiger partial charge in [0.2, 0.25) is 0 Å². The molecule has 3 rings (SSSR count). The van der Waals surface area contributed by atoms with Crippen LogP contribution in [0, 0.1) is 11.3 Å². The van der Waals surface area contributed by atoms with E-state index in [0.29, 0.717) is 6.54 Å². The maximum absolute atomic E-state index is 9.83. The minimum Gasteiger partial charge on any atom is -0.396 e. The fourth-order valence-corrected chi connectivity index (χ4v) is 3.52. The Morgan fingerprint density at radius 3 is 2.68 bits per heavy atom. The molecule has 19 heavy (non-hydrogen) atoms. The highest BCUT2D eigenvalue weighted by Crippen LogP contribution is 2.41. The van der Waals surface area contributed by atoms with Crippen LogP contribution in [0.15, 0.2) is 18.2 Å². The van der Waals surface area contributed by atoms with E-state index >= 15 is 0 Å². The van der Waals surface area contributed by atoms with Gasteiger partial charge in [-0.05, 0) is 54.7 Å². The lowest BCUT2D eigenvalue weighted by Crippen LogP contribution is -2.37. The number of rotatable bonds is 6. The van der Waals surface area contributed by atoms with Gasteiger partial charge in [0.25, 0.3) is 0 Å². The first-order chi connectivity index (χ1) is 9.24. The first-order valence-corrected chi connectivity index (χ1v) is 7.66. The molecular weight excluding hydrogens is 234 g/mol. The summed E-state index contributed by atoms with van der Waals surface area (Å²) < 4.78 is 0. The van der Waals surface area contributed by atoms with E-state index < -0.39 is 0 Å². The van der Waals surface area contributed by atoms with Crippen LogP contribution in [0.25, 0.3) is 0 Å². The Bertz CT molecular complexity index is 447. The Morgan fingerprint density at radius 2 is 2.00 bits per heavy atom. The average Bonchev–Trinajstić information content (AvgIpc) is 3.12. The molecule has 0 aromatic heterocycles. The molecule has 1 saturated carbocycles. The van der Waals surface area contributed by atoms with Crippen molar-refractivity contribution < 1.29 is 5.11 Å². The number of fused-ring (bicyclic) bond motifs is 1. The van der Waals surface area contributed by atoms with Crippen LogP contribution >= 0.6 is 0 Å². The first-order valence-electron chi connectivity index (χ1n) is 7.66. The van der Waals surface area contributed by atoms with Crippen LogP contribution in [0.3, 0.4) is 0 Å². The van der Waals surface area contributed by atoms with Gasteiger partial charge in [-0.1, -0.05) is 31.0 Å². The summed E-state index contributed by atoms with van der Waals surface area (Å²) in [5, 5.41) is 9.83. The second kappa shape index (κ2) is 5.26. The van der Waals surface area contributed by atoms with E-state index in [1.165, 1.54) is 48.8 Å². The number of hydrogen-bond acceptors (Lipinski definition) is 2. The minimum absolute atomic E-state index is 0.0893. The first kappa shape index (κ1) is 13.1. The van der Waals surface area contributed by atoms with E-state index in [-0.39, 0.29) is 12.0 Å². The molecule has 2 heteroatoms. The third-order valence-electron chi connectivity index (χ3n) is 4.93. The molecule has 0 heterocycles. The monoisotopic (exact) mass is 259 g/mol. The summed E-state index contributed by atoms with van der Waals surface area (Å²) in [5.74, 6) is 0.810. The average molecular weight is 259 g/mol. The van der Waals surface area contributed by atoms with Gasteiger partial charge in [-0.3, -0.25) is 0 Å². The third-order valence-corrected chi connectivity index (χ3v) is 4.93. The number of benzene rings is 1. The lowest BCUT2D eigenvalue weighted by atomic mass is 9.77. The Balaban J connectivity index is 1.77. The molecule has 1 unspecified atom stereocenters. The van der Waals surface area contributed by atoms with Gasteiger partial charge in [-0.15, -0.1) is 0 Å². The zero-order chi connectivity index (χ0) is 13.3. The van der Waals surface area contributed by atoms with Crippen molar-refractivity contribution in [2.45, 2.75) is 44.9 Å². The van der Waals surface area contributed by atoms with Gasteiger partial charge in [0.1, 0.15) is 0 Å². The fourth-order valence-electron chi connectivity index (χ4n) is 3.52. The molecule has 1 fully saturated rings. The van der Waals surface area contributed by atoms with Gasteiger partial charge in [-0.25, -0.2) is 0 Å². The van der Waals surface area contributed by atoms with Crippen molar-refractivity contribution in [1.29, 1.82) is 0 Å². The summed E-state index contributed by atoms with van der Waals surface area (Å²) in [4.78, 5) is 0. The molecular formula is C17H25NO. The summed E-state index contributed by atoms with van der Waals surface area (Å²) in [6.45, 7) is 0.814. The number of hydrogen-bond donors (Lipinski definition) is 2. The summed E-state index contributed by atoms with van der Waals surface area (Å²) in [6.07, 6.45) is 8.43. The topological polar surface area (TPSA) is 46.2 Å². The van der Waals surface area contributed by atoms with E-state index in [2.05, 4.69) is 18.2 Å². The normalized spacial score (nSPS) is 21.2. The molecule has 0 spiro atoms. The van der Waals surface area contributed by atoms with Crippen molar-refractivity contribution in [2.24, 2.45) is 17.1 Å². The zero-order valence-corrected chi connectivity index (χ0v) is 11.7. The number of nitrogens with two attached hydrogens (primary N) is 1. The van der Waals surface area contributed by atoms with Gasteiger partial charge in [-0.2, -0.15) is 0 Å². The van der Waals surface area contributed by atoms with Crippen molar-refractivity contribution in [3.05, 3.63) is 34.9 Å². The predicted octanol–water partition coefficient (Wildman–Crippen LogP) is 2.46. The van der Waals surface area contributed by atoms with E-state index in [9.17, 15) is 5.11 Å². The van der Waals surface area contributed by atoms with Crippen LogP contribution < -0.4 is 5.73 Å². The molecule has 0 saturated heterocycles. The van der Waals surface area contributed by atoms with Crippen LogP contribution in [0.2, 0.25) is 0 Å². The lowest BCUT2D eigenvalue weighted by Gasteiger charge is -2.31. The van der Waals surface area contributed by atoms with Gasteiger partial charge < -0.3 is 10.8 Å². The Labute approximate surface area is 116 Å². The lowest BCUT2D eigenvalue weighted by molar-refractivity contribution is 0.115. The largest absolute Gasteiger partial charge is 0.396 e. The minimum atomic E-state index is -0.0893.